The van der Waals surface area contributed by atoms with Gasteiger partial charge in [-0.3, -0.25) is 0 Å². The van der Waals surface area contributed by atoms with Crippen LogP contribution in [0.25, 0.3) is 0 Å². The largest absolute Gasteiger partial charge is 0.303 e. The van der Waals surface area contributed by atoms with Gasteiger partial charge in [-0.1, -0.05) is 34.1 Å². The number of hydrogen-bond donors (Lipinski definition) is 1. The minimum atomic E-state index is -0.134. The zero-order chi connectivity index (χ0) is 14.1. The quantitative estimate of drug-likeness (QED) is 0.839. The van der Waals surface area contributed by atoms with Gasteiger partial charge in [0, 0.05) is 16.6 Å². The average molecular weight is 334 g/mol. The van der Waals surface area contributed by atoms with Gasteiger partial charge in [-0.25, -0.2) is 4.39 Å². The molecule has 0 amide bonds. The Morgan fingerprint density at radius 1 is 1.20 bits per heavy atom. The van der Waals surface area contributed by atoms with Crippen LogP contribution in [0, 0.1) is 5.82 Å². The Hall–Kier alpha value is -1.19. The van der Waals surface area contributed by atoms with Gasteiger partial charge in [0.15, 0.2) is 0 Å². The Bertz CT molecular complexity index is 609. The second kappa shape index (κ2) is 5.66. The van der Waals surface area contributed by atoms with Crippen molar-refractivity contribution in [3.05, 3.63) is 69.4 Å². The van der Waals surface area contributed by atoms with Crippen molar-refractivity contribution in [2.24, 2.45) is 0 Å². The molecule has 1 nitrogen and oxygen atoms in total. The Morgan fingerprint density at radius 3 is 2.70 bits per heavy atom. The van der Waals surface area contributed by atoms with Crippen molar-refractivity contribution in [1.82, 2.24) is 5.32 Å². The zero-order valence-corrected chi connectivity index (χ0v) is 13.0. The van der Waals surface area contributed by atoms with E-state index in [1.54, 1.807) is 12.1 Å². The van der Waals surface area contributed by atoms with Crippen molar-refractivity contribution in [1.29, 1.82) is 0 Å². The van der Waals surface area contributed by atoms with E-state index in [0.717, 1.165) is 22.9 Å². The predicted molar refractivity (Wildman–Crippen MR) is 83.2 cm³/mol. The lowest BCUT2D eigenvalue weighted by atomic mass is 10.0. The molecule has 3 heteroatoms. The van der Waals surface area contributed by atoms with Gasteiger partial charge in [0.05, 0.1) is 0 Å². The summed E-state index contributed by atoms with van der Waals surface area (Å²) < 4.78 is 14.3. The first-order chi connectivity index (χ1) is 9.63. The highest BCUT2D eigenvalue weighted by Crippen LogP contribution is 2.33. The third-order valence-corrected chi connectivity index (χ3v) is 4.53. The van der Waals surface area contributed by atoms with E-state index in [1.807, 2.05) is 6.07 Å². The average Bonchev–Trinajstić information content (AvgIpc) is 2.81. The summed E-state index contributed by atoms with van der Waals surface area (Å²) in [5, 5.41) is 3.65. The summed E-state index contributed by atoms with van der Waals surface area (Å²) in [6, 6.07) is 14.1. The van der Waals surface area contributed by atoms with Crippen LogP contribution in [0.15, 0.2) is 46.9 Å². The third kappa shape index (κ3) is 2.79. The van der Waals surface area contributed by atoms with Crippen LogP contribution in [0.3, 0.4) is 0 Å². The standard InChI is InChI=1S/C17H17BrFN/c1-11(12-2-5-14(18)6-3-12)20-17-9-4-13-10-15(19)7-8-16(13)17/h2-3,5-8,10-11,17,20H,4,9H2,1H3/t11-,17?/m1/s1. The van der Waals surface area contributed by atoms with Gasteiger partial charge in [0.2, 0.25) is 0 Å². The van der Waals surface area contributed by atoms with E-state index < -0.39 is 0 Å². The van der Waals surface area contributed by atoms with E-state index in [2.05, 4.69) is 52.4 Å². The summed E-state index contributed by atoms with van der Waals surface area (Å²) in [5.74, 6) is -0.134. The molecular weight excluding hydrogens is 317 g/mol. The minimum absolute atomic E-state index is 0.134. The van der Waals surface area contributed by atoms with E-state index >= 15 is 0 Å². The maximum absolute atomic E-state index is 13.2. The normalized spacial score (nSPS) is 18.9. The summed E-state index contributed by atoms with van der Waals surface area (Å²) in [6.45, 7) is 2.17. The maximum atomic E-state index is 13.2. The third-order valence-electron chi connectivity index (χ3n) is 4.00. The molecule has 104 valence electrons. The highest BCUT2D eigenvalue weighted by atomic mass is 79.9. The van der Waals surface area contributed by atoms with Crippen LogP contribution >= 0.6 is 15.9 Å². The van der Waals surface area contributed by atoms with Crippen LogP contribution < -0.4 is 5.32 Å². The van der Waals surface area contributed by atoms with Gasteiger partial charge in [0.1, 0.15) is 5.82 Å². The topological polar surface area (TPSA) is 12.0 Å². The summed E-state index contributed by atoms with van der Waals surface area (Å²) in [7, 11) is 0. The Kier molecular flexibility index (Phi) is 3.90. The van der Waals surface area contributed by atoms with E-state index in [0.29, 0.717) is 6.04 Å². The Labute approximate surface area is 127 Å². The molecule has 1 unspecified atom stereocenters. The number of halogens is 2. The van der Waals surface area contributed by atoms with E-state index in [-0.39, 0.29) is 11.9 Å². The SMILES string of the molecule is C[C@@H](NC1CCc2cc(F)ccc21)c1ccc(Br)cc1. The molecule has 1 aliphatic rings. The molecular formula is C17H17BrFN. The lowest BCUT2D eigenvalue weighted by Crippen LogP contribution is -2.22. The van der Waals surface area contributed by atoms with E-state index in [1.165, 1.54) is 11.1 Å². The first kappa shape index (κ1) is 13.8. The molecule has 0 saturated carbocycles. The van der Waals surface area contributed by atoms with Crippen molar-refractivity contribution in [3.8, 4) is 0 Å². The van der Waals surface area contributed by atoms with E-state index in [9.17, 15) is 4.39 Å². The summed E-state index contributed by atoms with van der Waals surface area (Å²) in [6.07, 6.45) is 2.00. The molecule has 0 bridgehead atoms. The summed E-state index contributed by atoms with van der Waals surface area (Å²) in [4.78, 5) is 0. The van der Waals surface area contributed by atoms with Crippen molar-refractivity contribution < 1.29 is 4.39 Å². The van der Waals surface area contributed by atoms with Crippen LogP contribution in [-0.2, 0) is 6.42 Å². The second-order valence-corrected chi connectivity index (χ2v) is 6.29. The number of nitrogens with one attached hydrogen (secondary N) is 1. The fourth-order valence-electron chi connectivity index (χ4n) is 2.91. The molecule has 0 fully saturated rings. The van der Waals surface area contributed by atoms with Crippen LogP contribution in [0.1, 0.15) is 42.1 Å². The maximum Gasteiger partial charge on any atom is 0.123 e. The number of aryl methyl sites for hydroxylation is 1. The van der Waals surface area contributed by atoms with Crippen LogP contribution in [0.2, 0.25) is 0 Å². The molecule has 1 N–H and O–H groups in total. The molecule has 0 spiro atoms. The number of fused-ring (bicyclic) bond motifs is 1. The Morgan fingerprint density at radius 2 is 1.95 bits per heavy atom. The molecule has 2 aromatic carbocycles. The summed E-state index contributed by atoms with van der Waals surface area (Å²) >= 11 is 3.45. The smallest absolute Gasteiger partial charge is 0.123 e. The predicted octanol–water partition coefficient (Wildman–Crippen LogP) is 4.93. The molecule has 1 aliphatic carbocycles. The molecule has 20 heavy (non-hydrogen) atoms. The van der Waals surface area contributed by atoms with Crippen LogP contribution in [-0.4, -0.2) is 0 Å². The zero-order valence-electron chi connectivity index (χ0n) is 11.4. The lowest BCUT2D eigenvalue weighted by molar-refractivity contribution is 0.465. The van der Waals surface area contributed by atoms with Gasteiger partial charge in [-0.15, -0.1) is 0 Å². The molecule has 2 atom stereocenters. The van der Waals surface area contributed by atoms with Gasteiger partial charge in [0.25, 0.3) is 0 Å². The molecule has 0 radical (unpaired) electrons. The van der Waals surface area contributed by atoms with Gasteiger partial charge in [-0.05, 0) is 60.7 Å². The van der Waals surface area contributed by atoms with E-state index in [4.69, 9.17) is 0 Å². The van der Waals surface area contributed by atoms with Gasteiger partial charge in [-0.2, -0.15) is 0 Å². The lowest BCUT2D eigenvalue weighted by Gasteiger charge is -2.21. The minimum Gasteiger partial charge on any atom is -0.303 e. The Balaban J connectivity index is 1.75. The number of hydrogen-bond acceptors (Lipinski definition) is 1. The summed E-state index contributed by atoms with van der Waals surface area (Å²) in [5.41, 5.74) is 3.66. The first-order valence-corrected chi connectivity index (χ1v) is 7.72. The highest BCUT2D eigenvalue weighted by molar-refractivity contribution is 9.10. The van der Waals surface area contributed by atoms with Crippen molar-refractivity contribution >= 4 is 15.9 Å². The first-order valence-electron chi connectivity index (χ1n) is 6.93. The molecule has 0 aliphatic heterocycles. The van der Waals surface area contributed by atoms with Gasteiger partial charge >= 0.3 is 0 Å². The van der Waals surface area contributed by atoms with Crippen molar-refractivity contribution in [2.75, 3.05) is 0 Å². The van der Waals surface area contributed by atoms with Crippen molar-refractivity contribution in [3.63, 3.8) is 0 Å². The molecule has 0 aromatic heterocycles. The molecule has 0 heterocycles. The molecule has 2 aromatic rings. The number of benzene rings is 2. The molecule has 3 rings (SSSR count). The molecule has 0 saturated heterocycles. The number of rotatable bonds is 3. The van der Waals surface area contributed by atoms with Gasteiger partial charge < -0.3 is 5.32 Å². The fourth-order valence-corrected chi connectivity index (χ4v) is 3.17. The second-order valence-electron chi connectivity index (χ2n) is 5.37. The monoisotopic (exact) mass is 333 g/mol. The highest BCUT2D eigenvalue weighted by Gasteiger charge is 2.24. The van der Waals surface area contributed by atoms with Crippen LogP contribution in [0.4, 0.5) is 4.39 Å². The fraction of sp³-hybridized carbons (Fsp3) is 0.294. The van der Waals surface area contributed by atoms with Crippen LogP contribution in [0.5, 0.6) is 0 Å². The van der Waals surface area contributed by atoms with Crippen molar-refractivity contribution in [2.45, 2.75) is 31.8 Å².